The molecule has 11 heavy (non-hydrogen) atoms. The Morgan fingerprint density at radius 3 is 3.09 bits per heavy atom. The highest BCUT2D eigenvalue weighted by Crippen LogP contribution is 2.00. The summed E-state index contributed by atoms with van der Waals surface area (Å²) in [6, 6.07) is 0. The molecule has 0 aromatic carbocycles. The Morgan fingerprint density at radius 2 is 2.55 bits per heavy atom. The third-order valence-corrected chi connectivity index (χ3v) is 1.22. The molecule has 0 aliphatic heterocycles. The van der Waals surface area contributed by atoms with Gasteiger partial charge in [0.1, 0.15) is 5.82 Å². The Labute approximate surface area is 65.9 Å². The van der Waals surface area contributed by atoms with Gasteiger partial charge in [-0.15, -0.1) is 0 Å². The molecule has 0 saturated carbocycles. The molecule has 1 heterocycles. The Hall–Kier alpha value is -1.51. The molecule has 0 unspecified atom stereocenters. The van der Waals surface area contributed by atoms with Crippen molar-refractivity contribution in [3.05, 3.63) is 30.5 Å². The van der Waals surface area contributed by atoms with Gasteiger partial charge < -0.3 is 10.3 Å². The third kappa shape index (κ3) is 1.70. The predicted octanol–water partition coefficient (Wildman–Crippen LogP) is 1.30. The lowest BCUT2D eigenvalue weighted by Crippen LogP contribution is -1.95. The average Bonchev–Trinajstić information content (AvgIpc) is 2.34. The molecule has 3 heteroatoms. The fraction of sp³-hybridized carbons (Fsp3) is 0.125. The van der Waals surface area contributed by atoms with Crippen molar-refractivity contribution in [1.29, 1.82) is 0 Å². The van der Waals surface area contributed by atoms with Gasteiger partial charge in [-0.1, -0.05) is 6.58 Å². The average molecular weight is 149 g/mol. The van der Waals surface area contributed by atoms with Gasteiger partial charge in [-0.3, -0.25) is 0 Å². The van der Waals surface area contributed by atoms with Crippen LogP contribution in [0.4, 0.5) is 0 Å². The minimum Gasteiger partial charge on any atom is -0.401 e. The second-order valence-corrected chi connectivity index (χ2v) is 2.27. The normalized spacial score (nSPS) is 11.5. The molecule has 0 atom stereocenters. The van der Waals surface area contributed by atoms with Crippen molar-refractivity contribution >= 4 is 12.3 Å². The van der Waals surface area contributed by atoms with Crippen molar-refractivity contribution in [2.24, 2.45) is 5.73 Å². The van der Waals surface area contributed by atoms with Crippen molar-refractivity contribution in [3.8, 4) is 0 Å². The van der Waals surface area contributed by atoms with Crippen LogP contribution in [0, 0.1) is 0 Å². The van der Waals surface area contributed by atoms with E-state index in [0.29, 0.717) is 0 Å². The van der Waals surface area contributed by atoms with Crippen molar-refractivity contribution in [3.63, 3.8) is 0 Å². The van der Waals surface area contributed by atoms with Gasteiger partial charge in [-0.25, -0.2) is 4.98 Å². The summed E-state index contributed by atoms with van der Waals surface area (Å²) >= 11 is 0. The summed E-state index contributed by atoms with van der Waals surface area (Å²) < 4.78 is 1.82. The summed E-state index contributed by atoms with van der Waals surface area (Å²) in [6.07, 6.45) is 7.01. The van der Waals surface area contributed by atoms with Crippen LogP contribution in [0.2, 0.25) is 0 Å². The highest BCUT2D eigenvalue weighted by molar-refractivity contribution is 5.43. The molecule has 58 valence electrons. The second kappa shape index (κ2) is 3.05. The van der Waals surface area contributed by atoms with E-state index < -0.39 is 0 Å². The maximum atomic E-state index is 5.49. The first-order valence-electron chi connectivity index (χ1n) is 3.33. The van der Waals surface area contributed by atoms with Crippen molar-refractivity contribution in [2.45, 2.75) is 6.92 Å². The van der Waals surface area contributed by atoms with Gasteiger partial charge in [-0.05, 0) is 13.0 Å². The van der Waals surface area contributed by atoms with Crippen LogP contribution in [0.3, 0.4) is 0 Å². The molecule has 0 amide bonds. The van der Waals surface area contributed by atoms with Crippen LogP contribution < -0.4 is 5.73 Å². The largest absolute Gasteiger partial charge is 0.401 e. The number of imidazole rings is 1. The van der Waals surface area contributed by atoms with E-state index in [9.17, 15) is 0 Å². The Bertz CT molecular complexity index is 279. The molecule has 0 fully saturated rings. The smallest absolute Gasteiger partial charge is 0.136 e. The maximum Gasteiger partial charge on any atom is 0.136 e. The number of nitrogens with two attached hydrogens (primary N) is 1. The summed E-state index contributed by atoms with van der Waals surface area (Å²) in [6.45, 7) is 5.44. The molecule has 3 nitrogen and oxygen atoms in total. The van der Waals surface area contributed by atoms with E-state index in [2.05, 4.69) is 11.6 Å². The Morgan fingerprint density at radius 1 is 1.82 bits per heavy atom. The minimum atomic E-state index is 0.742. The van der Waals surface area contributed by atoms with Gasteiger partial charge in [0.2, 0.25) is 0 Å². The highest BCUT2D eigenvalue weighted by Gasteiger charge is 1.92. The van der Waals surface area contributed by atoms with Crippen molar-refractivity contribution < 1.29 is 0 Å². The number of allylic oxidation sites excluding steroid dienone is 1. The summed E-state index contributed by atoms with van der Waals surface area (Å²) in [5.74, 6) is 0.801. The zero-order chi connectivity index (χ0) is 8.27. The lowest BCUT2D eigenvalue weighted by molar-refractivity contribution is 1.09. The van der Waals surface area contributed by atoms with E-state index in [1.807, 2.05) is 17.7 Å². The van der Waals surface area contributed by atoms with E-state index in [0.717, 1.165) is 11.5 Å². The molecule has 1 rings (SSSR count). The summed E-state index contributed by atoms with van der Waals surface area (Å²) in [5, 5.41) is 0. The van der Waals surface area contributed by atoms with Gasteiger partial charge in [-0.2, -0.15) is 0 Å². The zero-order valence-corrected chi connectivity index (χ0v) is 6.49. The summed E-state index contributed by atoms with van der Waals surface area (Å²) in [5.41, 5.74) is 6.23. The van der Waals surface area contributed by atoms with Crippen molar-refractivity contribution in [1.82, 2.24) is 9.55 Å². The number of hydrogen-bond donors (Lipinski definition) is 1. The topological polar surface area (TPSA) is 43.8 Å². The molecule has 0 spiro atoms. The molecule has 0 bridgehead atoms. The number of rotatable bonds is 2. The van der Waals surface area contributed by atoms with Crippen molar-refractivity contribution in [2.75, 3.05) is 0 Å². The third-order valence-electron chi connectivity index (χ3n) is 1.22. The van der Waals surface area contributed by atoms with Gasteiger partial charge in [0.25, 0.3) is 0 Å². The van der Waals surface area contributed by atoms with Crippen LogP contribution in [0.5, 0.6) is 0 Å². The van der Waals surface area contributed by atoms with Crippen LogP contribution in [0.25, 0.3) is 12.3 Å². The molecular weight excluding hydrogens is 138 g/mol. The minimum absolute atomic E-state index is 0.742. The quantitative estimate of drug-likeness (QED) is 0.688. The van der Waals surface area contributed by atoms with Crippen LogP contribution in [0.15, 0.2) is 24.7 Å². The van der Waals surface area contributed by atoms with Gasteiger partial charge in [0.15, 0.2) is 0 Å². The molecule has 0 aliphatic rings. The molecule has 2 N–H and O–H groups in total. The van der Waals surface area contributed by atoms with E-state index in [1.165, 1.54) is 0 Å². The number of hydrogen-bond acceptors (Lipinski definition) is 2. The first-order chi connectivity index (χ1) is 5.24. The first-order valence-corrected chi connectivity index (χ1v) is 3.33. The molecule has 0 radical (unpaired) electrons. The van der Waals surface area contributed by atoms with E-state index in [1.54, 1.807) is 18.5 Å². The highest BCUT2D eigenvalue weighted by atomic mass is 15.0. The Balaban J connectivity index is 3.03. The standard InChI is InChI=1S/C8H11N3/c1-3-8-10-4-5-11(8)6-7(2)9/h3-6H,1,9H2,2H3/b7-6+. The SMILES string of the molecule is C=Cc1nccn1/C=C(\C)N. The van der Waals surface area contributed by atoms with Crippen LogP contribution >= 0.6 is 0 Å². The van der Waals surface area contributed by atoms with Crippen LogP contribution in [-0.2, 0) is 0 Å². The van der Waals surface area contributed by atoms with E-state index in [-0.39, 0.29) is 0 Å². The lowest BCUT2D eigenvalue weighted by Gasteiger charge is -1.96. The molecular formula is C8H11N3. The molecule has 0 saturated heterocycles. The Kier molecular flexibility index (Phi) is 2.11. The lowest BCUT2D eigenvalue weighted by atomic mass is 10.5. The monoisotopic (exact) mass is 149 g/mol. The summed E-state index contributed by atoms with van der Waals surface area (Å²) in [7, 11) is 0. The van der Waals surface area contributed by atoms with Crippen LogP contribution in [-0.4, -0.2) is 9.55 Å². The van der Waals surface area contributed by atoms with Gasteiger partial charge in [0.05, 0.1) is 0 Å². The van der Waals surface area contributed by atoms with E-state index in [4.69, 9.17) is 5.73 Å². The summed E-state index contributed by atoms with van der Waals surface area (Å²) in [4.78, 5) is 4.03. The molecule has 1 aromatic heterocycles. The van der Waals surface area contributed by atoms with Gasteiger partial charge >= 0.3 is 0 Å². The van der Waals surface area contributed by atoms with Crippen LogP contribution in [0.1, 0.15) is 12.7 Å². The molecule has 1 aromatic rings. The predicted molar refractivity (Wildman–Crippen MR) is 46.5 cm³/mol. The van der Waals surface area contributed by atoms with E-state index >= 15 is 0 Å². The maximum absolute atomic E-state index is 5.49. The molecule has 0 aliphatic carbocycles. The zero-order valence-electron chi connectivity index (χ0n) is 6.49. The van der Waals surface area contributed by atoms with Gasteiger partial charge in [0, 0.05) is 24.3 Å². The number of nitrogens with zero attached hydrogens (tertiary/aromatic N) is 2. The fourth-order valence-electron chi connectivity index (χ4n) is 0.811. The number of aromatic nitrogens is 2. The second-order valence-electron chi connectivity index (χ2n) is 2.27. The first kappa shape index (κ1) is 7.60. The fourth-order valence-corrected chi connectivity index (χ4v) is 0.811.